The van der Waals surface area contributed by atoms with Crippen LogP contribution in [0.3, 0.4) is 0 Å². The fourth-order valence-electron chi connectivity index (χ4n) is 1.14. The van der Waals surface area contributed by atoms with Crippen molar-refractivity contribution >= 4 is 22.9 Å². The van der Waals surface area contributed by atoms with Gasteiger partial charge in [-0.3, -0.25) is 4.68 Å². The molecule has 0 saturated carbocycles. The lowest BCUT2D eigenvalue weighted by Gasteiger charge is -1.97. The second kappa shape index (κ2) is 3.94. The van der Waals surface area contributed by atoms with E-state index in [0.29, 0.717) is 5.15 Å². The summed E-state index contributed by atoms with van der Waals surface area (Å²) in [6.45, 7) is 0.896. The van der Waals surface area contributed by atoms with Gasteiger partial charge in [-0.1, -0.05) is 17.7 Å². The van der Waals surface area contributed by atoms with Gasteiger partial charge in [-0.05, 0) is 17.5 Å². The third-order valence-electron chi connectivity index (χ3n) is 1.78. The minimum Gasteiger partial charge on any atom is -0.271 e. The van der Waals surface area contributed by atoms with Crippen LogP contribution in [0.2, 0.25) is 5.15 Å². The van der Waals surface area contributed by atoms with Crippen LogP contribution in [-0.4, -0.2) is 9.78 Å². The fraction of sp³-hybridized carbons (Fsp3) is 0.222. The van der Waals surface area contributed by atoms with Crippen LogP contribution in [0.1, 0.15) is 4.88 Å². The highest BCUT2D eigenvalue weighted by Gasteiger charge is 1.97. The number of aromatic nitrogens is 2. The zero-order valence-corrected chi connectivity index (χ0v) is 8.55. The fourth-order valence-corrected chi connectivity index (χ4v) is 1.99. The van der Waals surface area contributed by atoms with Gasteiger partial charge in [-0.25, -0.2) is 0 Å². The van der Waals surface area contributed by atoms with Gasteiger partial charge in [0.05, 0.1) is 0 Å². The molecule has 0 aliphatic heterocycles. The van der Waals surface area contributed by atoms with Crippen molar-refractivity contribution in [3.63, 3.8) is 0 Å². The molecule has 2 heterocycles. The molecule has 0 atom stereocenters. The molecule has 0 aliphatic carbocycles. The molecule has 2 rings (SSSR count). The molecule has 2 aromatic heterocycles. The van der Waals surface area contributed by atoms with Gasteiger partial charge in [0, 0.05) is 24.0 Å². The minimum atomic E-state index is 0.561. The van der Waals surface area contributed by atoms with Crippen molar-refractivity contribution < 1.29 is 0 Å². The average Bonchev–Trinajstić information content (AvgIpc) is 2.71. The van der Waals surface area contributed by atoms with Gasteiger partial charge >= 0.3 is 0 Å². The van der Waals surface area contributed by atoms with Crippen LogP contribution in [0.15, 0.2) is 29.8 Å². The lowest BCUT2D eigenvalue weighted by atomic mass is 10.3. The molecule has 0 N–H and O–H groups in total. The Kier molecular flexibility index (Phi) is 2.66. The maximum Gasteiger partial charge on any atom is 0.151 e. The molecule has 0 unspecified atom stereocenters. The first kappa shape index (κ1) is 8.78. The van der Waals surface area contributed by atoms with Gasteiger partial charge < -0.3 is 0 Å². The highest BCUT2D eigenvalue weighted by Crippen LogP contribution is 2.10. The Morgan fingerprint density at radius 2 is 2.38 bits per heavy atom. The second-order valence-electron chi connectivity index (χ2n) is 2.73. The standard InChI is InChI=1S/C9H9ClN2S/c10-9-4-6-12(11-9)5-3-8-2-1-7-13-8/h1-2,4,6-7H,3,5H2. The van der Waals surface area contributed by atoms with E-state index < -0.39 is 0 Å². The van der Waals surface area contributed by atoms with Crippen LogP contribution >= 0.6 is 22.9 Å². The lowest BCUT2D eigenvalue weighted by Crippen LogP contribution is -2.00. The highest BCUT2D eigenvalue weighted by molar-refractivity contribution is 7.09. The Bertz CT molecular complexity index is 367. The SMILES string of the molecule is Clc1ccn(CCc2cccs2)n1. The molecule has 0 amide bonds. The maximum absolute atomic E-state index is 5.69. The van der Waals surface area contributed by atoms with Gasteiger partial charge in [0.15, 0.2) is 5.15 Å². The molecule has 0 saturated heterocycles. The summed E-state index contributed by atoms with van der Waals surface area (Å²) in [7, 11) is 0. The molecule has 0 spiro atoms. The molecule has 0 aliphatic rings. The summed E-state index contributed by atoms with van der Waals surface area (Å²) in [5, 5.41) is 6.75. The molecule has 0 radical (unpaired) electrons. The monoisotopic (exact) mass is 212 g/mol. The molecule has 0 aromatic carbocycles. The van der Waals surface area contributed by atoms with Crippen molar-refractivity contribution in [3.05, 3.63) is 39.8 Å². The topological polar surface area (TPSA) is 17.8 Å². The predicted octanol–water partition coefficient (Wildman–Crippen LogP) is 2.84. The highest BCUT2D eigenvalue weighted by atomic mass is 35.5. The van der Waals surface area contributed by atoms with E-state index in [9.17, 15) is 0 Å². The number of hydrogen-bond donors (Lipinski definition) is 0. The van der Waals surface area contributed by atoms with Crippen molar-refractivity contribution in [2.45, 2.75) is 13.0 Å². The molecule has 4 heteroatoms. The maximum atomic E-state index is 5.69. The Labute approximate surface area is 85.8 Å². The van der Waals surface area contributed by atoms with Crippen molar-refractivity contribution in [2.24, 2.45) is 0 Å². The Hall–Kier alpha value is -0.800. The zero-order chi connectivity index (χ0) is 9.10. The molecular weight excluding hydrogens is 204 g/mol. The first-order valence-electron chi connectivity index (χ1n) is 4.06. The van der Waals surface area contributed by atoms with Crippen molar-refractivity contribution in [1.82, 2.24) is 9.78 Å². The Morgan fingerprint density at radius 1 is 1.46 bits per heavy atom. The van der Waals surface area contributed by atoms with Gasteiger partial charge in [0.2, 0.25) is 0 Å². The molecule has 0 bridgehead atoms. The van der Waals surface area contributed by atoms with Gasteiger partial charge in [-0.2, -0.15) is 5.10 Å². The lowest BCUT2D eigenvalue weighted by molar-refractivity contribution is 0.619. The number of rotatable bonds is 3. The third kappa shape index (κ3) is 2.32. The van der Waals surface area contributed by atoms with E-state index in [0.717, 1.165) is 13.0 Å². The van der Waals surface area contributed by atoms with Crippen molar-refractivity contribution in [3.8, 4) is 0 Å². The summed E-state index contributed by atoms with van der Waals surface area (Å²) in [6.07, 6.45) is 2.92. The van der Waals surface area contributed by atoms with E-state index in [-0.39, 0.29) is 0 Å². The van der Waals surface area contributed by atoms with Crippen LogP contribution < -0.4 is 0 Å². The molecule has 2 aromatic rings. The van der Waals surface area contributed by atoms with Crippen LogP contribution in [0.5, 0.6) is 0 Å². The Morgan fingerprint density at radius 3 is 3.00 bits per heavy atom. The summed E-state index contributed by atoms with van der Waals surface area (Å²) < 4.78 is 1.86. The number of thiophene rings is 1. The minimum absolute atomic E-state index is 0.561. The van der Waals surface area contributed by atoms with Gasteiger partial charge in [0.25, 0.3) is 0 Å². The zero-order valence-electron chi connectivity index (χ0n) is 6.98. The van der Waals surface area contributed by atoms with Crippen LogP contribution in [-0.2, 0) is 13.0 Å². The van der Waals surface area contributed by atoms with Gasteiger partial charge in [-0.15, -0.1) is 11.3 Å². The van der Waals surface area contributed by atoms with Crippen LogP contribution in [0.4, 0.5) is 0 Å². The average molecular weight is 213 g/mol. The summed E-state index contributed by atoms with van der Waals surface area (Å²) in [6, 6.07) is 6.00. The number of nitrogens with zero attached hydrogens (tertiary/aromatic N) is 2. The molecule has 0 fully saturated rings. The molecule has 13 heavy (non-hydrogen) atoms. The summed E-state index contributed by atoms with van der Waals surface area (Å²) >= 11 is 7.47. The van der Waals surface area contributed by atoms with E-state index in [2.05, 4.69) is 22.6 Å². The summed E-state index contributed by atoms with van der Waals surface area (Å²) in [5.41, 5.74) is 0. The van der Waals surface area contributed by atoms with E-state index in [1.807, 2.05) is 10.9 Å². The molecular formula is C9H9ClN2S. The van der Waals surface area contributed by atoms with E-state index in [1.165, 1.54) is 4.88 Å². The van der Waals surface area contributed by atoms with Crippen molar-refractivity contribution in [2.75, 3.05) is 0 Å². The quantitative estimate of drug-likeness (QED) is 0.765. The molecule has 2 nitrogen and oxygen atoms in total. The first-order valence-corrected chi connectivity index (χ1v) is 5.32. The van der Waals surface area contributed by atoms with E-state index in [4.69, 9.17) is 11.6 Å². The largest absolute Gasteiger partial charge is 0.271 e. The number of aryl methyl sites for hydroxylation is 2. The van der Waals surface area contributed by atoms with Gasteiger partial charge in [0.1, 0.15) is 0 Å². The third-order valence-corrected chi connectivity index (χ3v) is 2.91. The second-order valence-corrected chi connectivity index (χ2v) is 4.15. The number of halogens is 1. The smallest absolute Gasteiger partial charge is 0.151 e. The summed E-state index contributed by atoms with van der Waals surface area (Å²) in [4.78, 5) is 1.38. The normalized spacial score (nSPS) is 10.5. The van der Waals surface area contributed by atoms with Crippen LogP contribution in [0, 0.1) is 0 Å². The first-order chi connectivity index (χ1) is 6.34. The van der Waals surface area contributed by atoms with Crippen LogP contribution in [0.25, 0.3) is 0 Å². The summed E-state index contributed by atoms with van der Waals surface area (Å²) in [5.74, 6) is 0. The van der Waals surface area contributed by atoms with E-state index in [1.54, 1.807) is 17.4 Å². The molecule has 68 valence electrons. The predicted molar refractivity (Wildman–Crippen MR) is 55.3 cm³/mol. The number of hydrogen-bond acceptors (Lipinski definition) is 2. The van der Waals surface area contributed by atoms with E-state index >= 15 is 0 Å². The Balaban J connectivity index is 1.93. The van der Waals surface area contributed by atoms with Crippen molar-refractivity contribution in [1.29, 1.82) is 0 Å².